The van der Waals surface area contributed by atoms with Gasteiger partial charge in [0.15, 0.2) is 0 Å². The van der Waals surface area contributed by atoms with E-state index in [1.807, 2.05) is 0 Å². The van der Waals surface area contributed by atoms with E-state index in [2.05, 4.69) is 6.92 Å². The first-order valence-electron chi connectivity index (χ1n) is 5.62. The Morgan fingerprint density at radius 3 is 2.93 bits per heavy atom. The van der Waals surface area contributed by atoms with E-state index in [-0.39, 0.29) is 0 Å². The van der Waals surface area contributed by atoms with Crippen LogP contribution in [-0.2, 0) is 4.74 Å². The molecule has 1 aliphatic carbocycles. The maximum atomic E-state index is 5.76. The lowest BCUT2D eigenvalue weighted by Crippen LogP contribution is -2.24. The second kappa shape index (κ2) is 6.36. The van der Waals surface area contributed by atoms with Crippen molar-refractivity contribution < 1.29 is 4.74 Å². The van der Waals surface area contributed by atoms with Gasteiger partial charge in [0.1, 0.15) is 0 Å². The van der Waals surface area contributed by atoms with Crippen molar-refractivity contribution in [3.63, 3.8) is 0 Å². The highest BCUT2D eigenvalue weighted by Gasteiger charge is 2.20. The van der Waals surface area contributed by atoms with Gasteiger partial charge in [0.05, 0.1) is 17.7 Å². The summed E-state index contributed by atoms with van der Waals surface area (Å²) in [4.78, 5) is 0.563. The van der Waals surface area contributed by atoms with Crippen molar-refractivity contribution in [1.29, 1.82) is 0 Å². The van der Waals surface area contributed by atoms with E-state index in [1.54, 1.807) is 0 Å². The average molecular weight is 215 g/mol. The van der Waals surface area contributed by atoms with Gasteiger partial charge in [-0.1, -0.05) is 38.4 Å². The van der Waals surface area contributed by atoms with Crippen molar-refractivity contribution in [2.24, 2.45) is 11.7 Å². The van der Waals surface area contributed by atoms with Crippen LogP contribution in [0.4, 0.5) is 0 Å². The summed E-state index contributed by atoms with van der Waals surface area (Å²) in [6.45, 7) is 2.97. The Balaban J connectivity index is 2.14. The quantitative estimate of drug-likeness (QED) is 0.716. The second-order valence-electron chi connectivity index (χ2n) is 4.15. The molecule has 2 nitrogen and oxygen atoms in total. The molecule has 2 N–H and O–H groups in total. The third kappa shape index (κ3) is 4.38. The molecule has 0 radical (unpaired) electrons. The first kappa shape index (κ1) is 11.9. The fourth-order valence-electron chi connectivity index (χ4n) is 2.09. The fraction of sp³-hybridized carbons (Fsp3) is 0.909. The lowest BCUT2D eigenvalue weighted by molar-refractivity contribution is 0.0164. The van der Waals surface area contributed by atoms with E-state index >= 15 is 0 Å². The van der Waals surface area contributed by atoms with Crippen molar-refractivity contribution in [1.82, 2.24) is 0 Å². The van der Waals surface area contributed by atoms with E-state index < -0.39 is 0 Å². The zero-order chi connectivity index (χ0) is 10.4. The Hall–Kier alpha value is -0.150. The molecule has 1 fully saturated rings. The van der Waals surface area contributed by atoms with Gasteiger partial charge in [0, 0.05) is 6.42 Å². The Kier molecular flexibility index (Phi) is 5.41. The Morgan fingerprint density at radius 1 is 1.50 bits per heavy atom. The molecule has 0 bridgehead atoms. The van der Waals surface area contributed by atoms with Gasteiger partial charge in [-0.2, -0.15) is 0 Å². The van der Waals surface area contributed by atoms with E-state index in [4.69, 9.17) is 22.7 Å². The first-order valence-corrected chi connectivity index (χ1v) is 6.03. The van der Waals surface area contributed by atoms with Crippen LogP contribution in [0.25, 0.3) is 0 Å². The predicted octanol–water partition coefficient (Wildman–Crippen LogP) is 2.65. The van der Waals surface area contributed by atoms with E-state index in [1.165, 1.54) is 32.1 Å². The van der Waals surface area contributed by atoms with Crippen LogP contribution in [0.5, 0.6) is 0 Å². The molecule has 1 saturated carbocycles. The Morgan fingerprint density at radius 2 is 2.29 bits per heavy atom. The van der Waals surface area contributed by atoms with Crippen molar-refractivity contribution in [2.45, 2.75) is 51.6 Å². The summed E-state index contributed by atoms with van der Waals surface area (Å²) in [6, 6.07) is 0. The van der Waals surface area contributed by atoms with Crippen LogP contribution in [0.15, 0.2) is 0 Å². The second-order valence-corrected chi connectivity index (χ2v) is 4.67. The minimum absolute atomic E-state index is 0.461. The van der Waals surface area contributed by atoms with Gasteiger partial charge >= 0.3 is 0 Å². The largest absolute Gasteiger partial charge is 0.393 e. The highest BCUT2D eigenvalue weighted by molar-refractivity contribution is 7.80. The maximum Gasteiger partial charge on any atom is 0.0750 e. The van der Waals surface area contributed by atoms with Crippen molar-refractivity contribution >= 4 is 17.2 Å². The van der Waals surface area contributed by atoms with E-state index in [0.717, 1.165) is 12.3 Å². The van der Waals surface area contributed by atoms with Gasteiger partial charge in [-0.3, -0.25) is 0 Å². The molecule has 0 amide bonds. The van der Waals surface area contributed by atoms with Crippen LogP contribution in [0.2, 0.25) is 0 Å². The Labute approximate surface area is 92.2 Å². The number of ether oxygens (including phenoxy) is 1. The zero-order valence-corrected chi connectivity index (χ0v) is 9.81. The normalized spacial score (nSPS) is 27.5. The number of nitrogens with two attached hydrogens (primary N) is 1. The molecule has 1 aliphatic rings. The smallest absolute Gasteiger partial charge is 0.0750 e. The lowest BCUT2D eigenvalue weighted by atomic mass is 9.85. The fourth-order valence-corrected chi connectivity index (χ4v) is 2.17. The molecular weight excluding hydrogens is 194 g/mol. The summed E-state index contributed by atoms with van der Waals surface area (Å²) < 4.78 is 5.76. The molecular formula is C11H21NOS. The van der Waals surface area contributed by atoms with Crippen molar-refractivity contribution in [2.75, 3.05) is 6.61 Å². The van der Waals surface area contributed by atoms with Crippen molar-refractivity contribution in [3.8, 4) is 0 Å². The van der Waals surface area contributed by atoms with Crippen LogP contribution < -0.4 is 5.73 Å². The van der Waals surface area contributed by atoms with Gasteiger partial charge in [-0.25, -0.2) is 0 Å². The van der Waals surface area contributed by atoms with Gasteiger partial charge in [0.2, 0.25) is 0 Å². The molecule has 0 saturated heterocycles. The van der Waals surface area contributed by atoms with Crippen LogP contribution in [0, 0.1) is 5.92 Å². The molecule has 0 aromatic carbocycles. The minimum atomic E-state index is 0.461. The monoisotopic (exact) mass is 215 g/mol. The SMILES string of the molecule is CCC1CCCC(OCCC(N)=S)C1. The standard InChI is InChI=1S/C11H21NOS/c1-2-9-4-3-5-10(8-9)13-7-6-11(12)14/h9-10H,2-8H2,1H3,(H2,12,14). The molecule has 82 valence electrons. The topological polar surface area (TPSA) is 35.2 Å². The summed E-state index contributed by atoms with van der Waals surface area (Å²) >= 11 is 4.81. The van der Waals surface area contributed by atoms with Gasteiger partial charge in [-0.05, 0) is 18.8 Å². The van der Waals surface area contributed by atoms with Gasteiger partial charge in [0.25, 0.3) is 0 Å². The highest BCUT2D eigenvalue weighted by Crippen LogP contribution is 2.28. The molecule has 2 atom stereocenters. The zero-order valence-electron chi connectivity index (χ0n) is 9.00. The molecule has 0 aliphatic heterocycles. The minimum Gasteiger partial charge on any atom is -0.393 e. The van der Waals surface area contributed by atoms with Crippen LogP contribution in [0.3, 0.4) is 0 Å². The Bertz CT molecular complexity index is 184. The third-order valence-corrected chi connectivity index (χ3v) is 3.22. The highest BCUT2D eigenvalue weighted by atomic mass is 32.1. The van der Waals surface area contributed by atoms with Gasteiger partial charge < -0.3 is 10.5 Å². The van der Waals surface area contributed by atoms with Crippen molar-refractivity contribution in [3.05, 3.63) is 0 Å². The van der Waals surface area contributed by atoms with Crippen LogP contribution in [-0.4, -0.2) is 17.7 Å². The molecule has 2 unspecified atom stereocenters. The number of hydrogen-bond acceptors (Lipinski definition) is 2. The molecule has 1 rings (SSSR count). The molecule has 0 heterocycles. The molecule has 0 aromatic rings. The maximum absolute atomic E-state index is 5.76. The summed E-state index contributed by atoms with van der Waals surface area (Å²) in [5.41, 5.74) is 5.41. The summed E-state index contributed by atoms with van der Waals surface area (Å²) in [6.07, 6.45) is 7.62. The third-order valence-electron chi connectivity index (χ3n) is 3.01. The molecule has 3 heteroatoms. The number of thiocarbonyl (C=S) groups is 1. The summed E-state index contributed by atoms with van der Waals surface area (Å²) in [5.74, 6) is 0.874. The number of rotatable bonds is 5. The summed E-state index contributed by atoms with van der Waals surface area (Å²) in [5, 5.41) is 0. The molecule has 14 heavy (non-hydrogen) atoms. The van der Waals surface area contributed by atoms with Gasteiger partial charge in [-0.15, -0.1) is 0 Å². The van der Waals surface area contributed by atoms with Crippen LogP contribution in [0.1, 0.15) is 45.4 Å². The summed E-state index contributed by atoms with van der Waals surface area (Å²) in [7, 11) is 0. The lowest BCUT2D eigenvalue weighted by Gasteiger charge is -2.28. The molecule has 0 aromatic heterocycles. The number of hydrogen-bond donors (Lipinski definition) is 1. The molecule has 0 spiro atoms. The average Bonchev–Trinajstić information content (AvgIpc) is 2.18. The van der Waals surface area contributed by atoms with E-state index in [0.29, 0.717) is 17.7 Å². The van der Waals surface area contributed by atoms with Crippen LogP contribution >= 0.6 is 12.2 Å². The first-order chi connectivity index (χ1) is 6.72. The predicted molar refractivity (Wildman–Crippen MR) is 63.4 cm³/mol. The van der Waals surface area contributed by atoms with E-state index in [9.17, 15) is 0 Å².